The third-order valence-electron chi connectivity index (χ3n) is 3.98. The van der Waals surface area contributed by atoms with Crippen LogP contribution in [0.1, 0.15) is 38.5 Å². The summed E-state index contributed by atoms with van der Waals surface area (Å²) >= 11 is 0. The summed E-state index contributed by atoms with van der Waals surface area (Å²) in [4.78, 5) is 48.1. The van der Waals surface area contributed by atoms with E-state index < -0.39 is 30.1 Å². The fourth-order valence-electron chi connectivity index (χ4n) is 2.86. The van der Waals surface area contributed by atoms with Crippen molar-refractivity contribution in [1.82, 2.24) is 20.9 Å². The molecular weight excluding hydrogens is 276 g/mol. The molecule has 0 aromatic carbocycles. The number of nitrogens with zero attached hydrogens (tertiary/aromatic N) is 1. The summed E-state index contributed by atoms with van der Waals surface area (Å²) in [6, 6.07) is -1.23. The molecule has 2 aliphatic rings. The van der Waals surface area contributed by atoms with Crippen molar-refractivity contribution in [3.63, 3.8) is 0 Å². The largest absolute Gasteiger partial charge is 0.341 e. The topological polar surface area (TPSA) is 108 Å². The molecule has 0 aromatic heterocycles. The number of carbonyl (C=O) groups is 4. The second kappa shape index (κ2) is 6.11. The molecule has 0 bridgehead atoms. The van der Waals surface area contributed by atoms with Gasteiger partial charge in [-0.15, -0.1) is 0 Å². The highest BCUT2D eigenvalue weighted by Crippen LogP contribution is 2.32. The first kappa shape index (κ1) is 15.3. The highest BCUT2D eigenvalue weighted by Gasteiger charge is 2.51. The smallest absolute Gasteiger partial charge is 0.325 e. The summed E-state index contributed by atoms with van der Waals surface area (Å²) in [6.45, 7) is -0.445. The van der Waals surface area contributed by atoms with Gasteiger partial charge in [-0.05, 0) is 12.8 Å². The molecule has 3 N–H and O–H groups in total. The van der Waals surface area contributed by atoms with Gasteiger partial charge in [0.15, 0.2) is 0 Å². The van der Waals surface area contributed by atoms with E-state index in [1.54, 1.807) is 0 Å². The molecule has 0 aromatic rings. The van der Waals surface area contributed by atoms with Crippen molar-refractivity contribution in [2.24, 2.45) is 0 Å². The van der Waals surface area contributed by atoms with Crippen LogP contribution in [0.25, 0.3) is 0 Å². The van der Waals surface area contributed by atoms with Gasteiger partial charge in [0.25, 0.3) is 5.91 Å². The fraction of sp³-hybridized carbons (Fsp3) is 0.692. The number of amides is 6. The minimum absolute atomic E-state index is 0.360. The minimum atomic E-state index is -0.860. The van der Waals surface area contributed by atoms with Crippen LogP contribution in [-0.2, 0) is 9.59 Å². The Morgan fingerprint density at radius 2 is 1.81 bits per heavy atom. The number of carbonyl (C=O) groups excluding carboxylic acids is 4. The molecule has 0 unspecified atom stereocenters. The third kappa shape index (κ3) is 3.14. The van der Waals surface area contributed by atoms with E-state index in [0.29, 0.717) is 12.8 Å². The van der Waals surface area contributed by atoms with Crippen LogP contribution in [0, 0.1) is 0 Å². The Bertz CT molecular complexity index is 469. The molecule has 8 heteroatoms. The number of rotatable bonds is 2. The lowest BCUT2D eigenvalue weighted by molar-refractivity contribution is -0.135. The SMILES string of the molecule is CNC(=O)NC(=O)CN1C(=O)NC2(CCCCCC2)C1=O. The lowest BCUT2D eigenvalue weighted by atomic mass is 9.90. The maximum atomic E-state index is 12.5. The van der Waals surface area contributed by atoms with Crippen molar-refractivity contribution in [3.8, 4) is 0 Å². The molecule has 1 aliphatic carbocycles. The van der Waals surface area contributed by atoms with Crippen molar-refractivity contribution in [2.75, 3.05) is 13.6 Å². The normalized spacial score (nSPS) is 20.9. The molecule has 0 atom stereocenters. The summed E-state index contributed by atoms with van der Waals surface area (Å²) in [5.74, 6) is -1.05. The molecule has 2 fully saturated rings. The van der Waals surface area contributed by atoms with E-state index in [1.165, 1.54) is 7.05 Å². The van der Waals surface area contributed by atoms with E-state index >= 15 is 0 Å². The minimum Gasteiger partial charge on any atom is -0.341 e. The first-order chi connectivity index (χ1) is 9.98. The standard InChI is InChI=1S/C13H20N4O4/c1-14-11(20)15-9(18)8-17-10(19)13(16-12(17)21)6-4-2-3-5-7-13/h2-8H2,1H3,(H,16,21)(H2,14,15,18,20). The zero-order chi connectivity index (χ0) is 15.5. The van der Waals surface area contributed by atoms with E-state index in [2.05, 4.69) is 10.6 Å². The van der Waals surface area contributed by atoms with Gasteiger partial charge in [-0.1, -0.05) is 25.7 Å². The summed E-state index contributed by atoms with van der Waals surface area (Å²) in [6.07, 6.45) is 5.05. The zero-order valence-corrected chi connectivity index (χ0v) is 12.0. The maximum absolute atomic E-state index is 12.5. The Morgan fingerprint density at radius 3 is 2.38 bits per heavy atom. The number of imide groups is 2. The molecule has 1 saturated heterocycles. The van der Waals surface area contributed by atoms with E-state index in [-0.39, 0.29) is 5.91 Å². The molecule has 8 nitrogen and oxygen atoms in total. The monoisotopic (exact) mass is 296 g/mol. The Kier molecular flexibility index (Phi) is 4.44. The van der Waals surface area contributed by atoms with E-state index in [9.17, 15) is 19.2 Å². The molecule has 1 saturated carbocycles. The Hall–Kier alpha value is -2.12. The van der Waals surface area contributed by atoms with Gasteiger partial charge in [0.1, 0.15) is 12.1 Å². The Balaban J connectivity index is 2.04. The number of hydrogen-bond donors (Lipinski definition) is 3. The molecular formula is C13H20N4O4. The predicted molar refractivity (Wildman–Crippen MR) is 73.3 cm³/mol. The van der Waals surface area contributed by atoms with Crippen molar-refractivity contribution < 1.29 is 19.2 Å². The average Bonchev–Trinajstić information content (AvgIpc) is 2.64. The van der Waals surface area contributed by atoms with Gasteiger partial charge >= 0.3 is 12.1 Å². The molecule has 6 amide bonds. The van der Waals surface area contributed by atoms with E-state index in [0.717, 1.165) is 30.6 Å². The zero-order valence-electron chi connectivity index (χ0n) is 12.0. The highest BCUT2D eigenvalue weighted by atomic mass is 16.2. The first-order valence-corrected chi connectivity index (χ1v) is 7.14. The van der Waals surface area contributed by atoms with Gasteiger partial charge in [-0.3, -0.25) is 19.8 Å². The summed E-state index contributed by atoms with van der Waals surface area (Å²) in [7, 11) is 1.37. The van der Waals surface area contributed by atoms with Gasteiger partial charge in [0, 0.05) is 7.05 Å². The predicted octanol–water partition coefficient (Wildman–Crippen LogP) is 0.0868. The molecule has 116 valence electrons. The van der Waals surface area contributed by atoms with Gasteiger partial charge in [0.05, 0.1) is 0 Å². The number of hydrogen-bond acceptors (Lipinski definition) is 4. The van der Waals surface area contributed by atoms with E-state index in [4.69, 9.17) is 0 Å². The quantitative estimate of drug-likeness (QED) is 0.627. The van der Waals surface area contributed by atoms with Crippen LogP contribution in [0.15, 0.2) is 0 Å². The summed E-state index contributed by atoms with van der Waals surface area (Å²) in [5.41, 5.74) is -0.860. The summed E-state index contributed by atoms with van der Waals surface area (Å²) in [5, 5.41) is 7.01. The van der Waals surface area contributed by atoms with Crippen molar-refractivity contribution in [2.45, 2.75) is 44.1 Å². The lowest BCUT2D eigenvalue weighted by Gasteiger charge is -2.24. The molecule has 1 aliphatic heterocycles. The third-order valence-corrected chi connectivity index (χ3v) is 3.98. The second-order valence-electron chi connectivity index (χ2n) is 5.45. The molecule has 0 radical (unpaired) electrons. The van der Waals surface area contributed by atoms with Crippen molar-refractivity contribution in [3.05, 3.63) is 0 Å². The fourth-order valence-corrected chi connectivity index (χ4v) is 2.86. The van der Waals surface area contributed by atoms with Crippen LogP contribution in [0.2, 0.25) is 0 Å². The van der Waals surface area contributed by atoms with Crippen LogP contribution in [0.3, 0.4) is 0 Å². The van der Waals surface area contributed by atoms with Crippen LogP contribution in [-0.4, -0.2) is 47.9 Å². The highest BCUT2D eigenvalue weighted by molar-refractivity contribution is 6.10. The van der Waals surface area contributed by atoms with Crippen LogP contribution < -0.4 is 16.0 Å². The number of urea groups is 2. The Morgan fingerprint density at radius 1 is 1.19 bits per heavy atom. The molecule has 2 rings (SSSR count). The van der Waals surface area contributed by atoms with Crippen LogP contribution in [0.5, 0.6) is 0 Å². The van der Waals surface area contributed by atoms with Crippen LogP contribution in [0.4, 0.5) is 9.59 Å². The van der Waals surface area contributed by atoms with Gasteiger partial charge in [-0.2, -0.15) is 0 Å². The average molecular weight is 296 g/mol. The Labute approximate surface area is 122 Å². The van der Waals surface area contributed by atoms with E-state index in [1.807, 2.05) is 5.32 Å². The van der Waals surface area contributed by atoms with Crippen molar-refractivity contribution in [1.29, 1.82) is 0 Å². The lowest BCUT2D eigenvalue weighted by Crippen LogP contribution is -2.48. The van der Waals surface area contributed by atoms with Crippen LogP contribution >= 0.6 is 0 Å². The van der Waals surface area contributed by atoms with Gasteiger partial charge in [0.2, 0.25) is 5.91 Å². The first-order valence-electron chi connectivity index (χ1n) is 7.14. The van der Waals surface area contributed by atoms with Gasteiger partial charge in [-0.25, -0.2) is 9.59 Å². The summed E-state index contributed by atoms with van der Waals surface area (Å²) < 4.78 is 0. The van der Waals surface area contributed by atoms with Crippen molar-refractivity contribution >= 4 is 23.9 Å². The van der Waals surface area contributed by atoms with Gasteiger partial charge < -0.3 is 10.6 Å². The maximum Gasteiger partial charge on any atom is 0.325 e. The number of nitrogens with one attached hydrogen (secondary N) is 3. The molecule has 1 heterocycles. The second-order valence-corrected chi connectivity index (χ2v) is 5.45. The molecule has 1 spiro atoms. The molecule has 21 heavy (non-hydrogen) atoms.